The molecule has 0 bridgehead atoms. The first-order valence-corrected chi connectivity index (χ1v) is 8.79. The third-order valence-corrected chi connectivity index (χ3v) is 4.67. The van der Waals surface area contributed by atoms with Crippen LogP contribution in [0.4, 0.5) is 16.5 Å². The molecule has 0 amide bonds. The van der Waals surface area contributed by atoms with Crippen molar-refractivity contribution in [3.05, 3.63) is 59.5 Å². The minimum atomic E-state index is -0.309. The van der Waals surface area contributed by atoms with Crippen LogP contribution in [0.2, 0.25) is 0 Å². The van der Waals surface area contributed by atoms with E-state index < -0.39 is 0 Å². The van der Waals surface area contributed by atoms with Gasteiger partial charge in [-0.05, 0) is 43.3 Å². The van der Waals surface area contributed by atoms with E-state index in [1.807, 2.05) is 53.7 Å². The predicted octanol–water partition coefficient (Wildman–Crippen LogP) is 4.34. The fourth-order valence-electron chi connectivity index (χ4n) is 2.35. The molecule has 0 radical (unpaired) electrons. The highest BCUT2D eigenvalue weighted by atomic mass is 32.1. The third kappa shape index (κ3) is 3.80. The van der Waals surface area contributed by atoms with E-state index in [1.165, 1.54) is 0 Å². The monoisotopic (exact) mass is 353 g/mol. The van der Waals surface area contributed by atoms with Crippen LogP contribution in [0, 0.1) is 0 Å². The van der Waals surface area contributed by atoms with Gasteiger partial charge in [0.15, 0.2) is 5.13 Å². The lowest BCUT2D eigenvalue weighted by molar-refractivity contribution is 0.0526. The van der Waals surface area contributed by atoms with Gasteiger partial charge in [0.25, 0.3) is 0 Å². The smallest absolute Gasteiger partial charge is 0.338 e. The number of hydrogen-bond donors (Lipinski definition) is 1. The number of nitrogens with zero attached hydrogens (tertiary/aromatic N) is 2. The second kappa shape index (κ2) is 7.36. The first kappa shape index (κ1) is 17.0. The number of thiazole rings is 1. The predicted molar refractivity (Wildman–Crippen MR) is 102 cm³/mol. The lowest BCUT2D eigenvalue weighted by Crippen LogP contribution is -2.10. The molecule has 3 aromatic rings. The highest BCUT2D eigenvalue weighted by molar-refractivity contribution is 7.14. The van der Waals surface area contributed by atoms with Gasteiger partial charge < -0.3 is 15.4 Å². The van der Waals surface area contributed by atoms with Crippen molar-refractivity contribution >= 4 is 33.8 Å². The minimum Gasteiger partial charge on any atom is -0.462 e. The molecule has 0 atom stereocenters. The van der Waals surface area contributed by atoms with Crippen molar-refractivity contribution in [2.45, 2.75) is 6.92 Å². The van der Waals surface area contributed by atoms with E-state index in [0.717, 1.165) is 27.8 Å². The molecular formula is C19H19N3O2S. The van der Waals surface area contributed by atoms with Crippen molar-refractivity contribution in [2.75, 3.05) is 24.3 Å². The summed E-state index contributed by atoms with van der Waals surface area (Å²) in [7, 11) is 1.95. The Morgan fingerprint density at radius 2 is 1.84 bits per heavy atom. The molecule has 25 heavy (non-hydrogen) atoms. The molecule has 128 valence electrons. The molecule has 0 aliphatic heterocycles. The molecule has 2 N–H and O–H groups in total. The van der Waals surface area contributed by atoms with Crippen LogP contribution in [-0.2, 0) is 4.74 Å². The van der Waals surface area contributed by atoms with E-state index in [0.29, 0.717) is 12.2 Å². The summed E-state index contributed by atoms with van der Waals surface area (Å²) in [5, 5.41) is 2.89. The number of carbonyl (C=O) groups is 1. The third-order valence-electron chi connectivity index (χ3n) is 3.75. The molecule has 0 unspecified atom stereocenters. The second-order valence-corrected chi connectivity index (χ2v) is 6.30. The molecule has 0 spiro atoms. The van der Waals surface area contributed by atoms with E-state index in [4.69, 9.17) is 10.5 Å². The number of carbonyl (C=O) groups excluding carboxylic acids is 1. The van der Waals surface area contributed by atoms with Crippen molar-refractivity contribution < 1.29 is 9.53 Å². The Hall–Kier alpha value is -2.86. The van der Waals surface area contributed by atoms with E-state index in [-0.39, 0.29) is 5.97 Å². The Kier molecular flexibility index (Phi) is 5.00. The molecule has 0 saturated heterocycles. The number of ether oxygens (including phenoxy) is 1. The van der Waals surface area contributed by atoms with Crippen molar-refractivity contribution in [3.63, 3.8) is 0 Å². The number of esters is 1. The summed E-state index contributed by atoms with van der Waals surface area (Å²) in [5.41, 5.74) is 9.90. The summed E-state index contributed by atoms with van der Waals surface area (Å²) in [6.45, 7) is 2.16. The maximum absolute atomic E-state index is 11.7. The van der Waals surface area contributed by atoms with Crippen LogP contribution in [0.3, 0.4) is 0 Å². The van der Waals surface area contributed by atoms with Crippen LogP contribution in [0.25, 0.3) is 11.3 Å². The molecule has 0 aliphatic carbocycles. The topological polar surface area (TPSA) is 68.5 Å². The zero-order valence-corrected chi connectivity index (χ0v) is 14.9. The van der Waals surface area contributed by atoms with Crippen LogP contribution in [0.15, 0.2) is 53.9 Å². The summed E-state index contributed by atoms with van der Waals surface area (Å²) in [6.07, 6.45) is 0. The molecule has 1 heterocycles. The van der Waals surface area contributed by atoms with E-state index in [1.54, 1.807) is 30.4 Å². The fourth-order valence-corrected chi connectivity index (χ4v) is 3.17. The molecule has 3 rings (SSSR count). The van der Waals surface area contributed by atoms with Crippen LogP contribution in [0.5, 0.6) is 0 Å². The summed E-state index contributed by atoms with van der Waals surface area (Å²) >= 11 is 1.56. The second-order valence-electron chi connectivity index (χ2n) is 5.46. The Labute approximate surface area is 150 Å². The Balaban J connectivity index is 1.78. The number of nitrogens with two attached hydrogens (primary N) is 1. The van der Waals surface area contributed by atoms with Gasteiger partial charge in [-0.15, -0.1) is 11.3 Å². The largest absolute Gasteiger partial charge is 0.462 e. The summed E-state index contributed by atoms with van der Waals surface area (Å²) in [4.78, 5) is 18.4. The summed E-state index contributed by atoms with van der Waals surface area (Å²) in [6, 6.07) is 15.0. The van der Waals surface area contributed by atoms with Crippen molar-refractivity contribution in [1.29, 1.82) is 0 Å². The van der Waals surface area contributed by atoms with Gasteiger partial charge in [0, 0.05) is 29.4 Å². The zero-order valence-electron chi connectivity index (χ0n) is 14.1. The van der Waals surface area contributed by atoms with E-state index in [9.17, 15) is 4.79 Å². The number of rotatable bonds is 5. The summed E-state index contributed by atoms with van der Waals surface area (Å²) in [5.74, 6) is -0.309. The highest BCUT2D eigenvalue weighted by Gasteiger charge is 2.12. The molecule has 6 heteroatoms. The van der Waals surface area contributed by atoms with Crippen LogP contribution in [0.1, 0.15) is 17.3 Å². The number of hydrogen-bond acceptors (Lipinski definition) is 6. The SMILES string of the molecule is CCOC(=O)c1ccc(N(C)c2nc(-c3ccc(N)cc3)cs2)cc1. The van der Waals surface area contributed by atoms with Crippen LogP contribution >= 0.6 is 11.3 Å². The minimum absolute atomic E-state index is 0.309. The Morgan fingerprint density at radius 3 is 2.48 bits per heavy atom. The number of benzene rings is 2. The maximum Gasteiger partial charge on any atom is 0.338 e. The zero-order chi connectivity index (χ0) is 17.8. The van der Waals surface area contributed by atoms with Gasteiger partial charge in [-0.1, -0.05) is 12.1 Å². The molecule has 2 aromatic carbocycles. The van der Waals surface area contributed by atoms with Gasteiger partial charge in [-0.2, -0.15) is 0 Å². The Bertz CT molecular complexity index is 857. The molecule has 0 aliphatic rings. The quantitative estimate of drug-likeness (QED) is 0.546. The van der Waals surface area contributed by atoms with Gasteiger partial charge in [0.1, 0.15) is 0 Å². The number of nitrogen functional groups attached to an aromatic ring is 1. The van der Waals surface area contributed by atoms with Crippen molar-refractivity contribution in [3.8, 4) is 11.3 Å². The first-order chi connectivity index (χ1) is 12.1. The lowest BCUT2D eigenvalue weighted by Gasteiger charge is -2.16. The van der Waals surface area contributed by atoms with Gasteiger partial charge in [-0.25, -0.2) is 9.78 Å². The Morgan fingerprint density at radius 1 is 1.16 bits per heavy atom. The molecule has 1 aromatic heterocycles. The average molecular weight is 353 g/mol. The van der Waals surface area contributed by atoms with E-state index in [2.05, 4.69) is 4.98 Å². The average Bonchev–Trinajstić information content (AvgIpc) is 3.12. The van der Waals surface area contributed by atoms with Gasteiger partial charge in [0.05, 0.1) is 17.9 Å². The fraction of sp³-hybridized carbons (Fsp3) is 0.158. The molecule has 0 fully saturated rings. The van der Waals surface area contributed by atoms with Gasteiger partial charge >= 0.3 is 5.97 Å². The normalized spacial score (nSPS) is 10.5. The summed E-state index contributed by atoms with van der Waals surface area (Å²) < 4.78 is 5.00. The van der Waals surface area contributed by atoms with Crippen molar-refractivity contribution in [2.24, 2.45) is 0 Å². The van der Waals surface area contributed by atoms with Gasteiger partial charge in [-0.3, -0.25) is 0 Å². The van der Waals surface area contributed by atoms with E-state index >= 15 is 0 Å². The maximum atomic E-state index is 11.7. The molecule has 5 nitrogen and oxygen atoms in total. The van der Waals surface area contributed by atoms with Crippen LogP contribution in [-0.4, -0.2) is 24.6 Å². The molecule has 0 saturated carbocycles. The first-order valence-electron chi connectivity index (χ1n) is 7.91. The molecular weight excluding hydrogens is 334 g/mol. The standard InChI is InChI=1S/C19H19N3O2S/c1-3-24-18(23)14-6-10-16(11-7-14)22(2)19-21-17(12-25-19)13-4-8-15(20)9-5-13/h4-12H,3,20H2,1-2H3. The van der Waals surface area contributed by atoms with Gasteiger partial charge in [0.2, 0.25) is 0 Å². The van der Waals surface area contributed by atoms with Crippen LogP contribution < -0.4 is 10.6 Å². The van der Waals surface area contributed by atoms with Crippen molar-refractivity contribution in [1.82, 2.24) is 4.98 Å². The number of anilines is 3. The lowest BCUT2D eigenvalue weighted by atomic mass is 10.1. The number of aromatic nitrogens is 1. The highest BCUT2D eigenvalue weighted by Crippen LogP contribution is 2.31.